The molecule has 7 heteroatoms. The summed E-state index contributed by atoms with van der Waals surface area (Å²) in [6.45, 7) is 3.85. The molecule has 1 aromatic heterocycles. The molecule has 2 N–H and O–H groups in total. The van der Waals surface area contributed by atoms with Gasteiger partial charge in [0, 0.05) is 11.6 Å². The quantitative estimate of drug-likeness (QED) is 0.679. The molecule has 0 aliphatic heterocycles. The summed E-state index contributed by atoms with van der Waals surface area (Å²) in [5, 5.41) is 19.5. The van der Waals surface area contributed by atoms with Crippen molar-refractivity contribution in [1.82, 2.24) is 15.0 Å². The fourth-order valence-electron chi connectivity index (χ4n) is 2.75. The van der Waals surface area contributed by atoms with E-state index in [1.54, 1.807) is 47.4 Å². The first-order valence-electron chi connectivity index (χ1n) is 8.24. The van der Waals surface area contributed by atoms with Crippen LogP contribution < -0.4 is 5.32 Å². The highest BCUT2D eigenvalue weighted by molar-refractivity contribution is 6.05. The number of nitrogens with zero attached hydrogens (tertiary/aromatic N) is 3. The molecule has 2 aromatic carbocycles. The average Bonchev–Trinajstić information content (AvgIpc) is 3.14. The van der Waals surface area contributed by atoms with Gasteiger partial charge in [-0.05, 0) is 49.8 Å². The molecule has 0 unspecified atom stereocenters. The minimum absolute atomic E-state index is 0.275. The Morgan fingerprint density at radius 1 is 1.11 bits per heavy atom. The van der Waals surface area contributed by atoms with Crippen LogP contribution in [0.1, 0.15) is 27.0 Å². The lowest BCUT2D eigenvalue weighted by atomic mass is 10.1. The van der Waals surface area contributed by atoms with Crippen LogP contribution in [0, 0.1) is 13.8 Å². The Morgan fingerprint density at radius 3 is 2.48 bits per heavy atom. The number of aryl methyl sites for hydroxylation is 2. The summed E-state index contributed by atoms with van der Waals surface area (Å²) < 4.78 is 1.55. The average molecular weight is 362 g/mol. The van der Waals surface area contributed by atoms with Crippen LogP contribution >= 0.6 is 0 Å². The summed E-state index contributed by atoms with van der Waals surface area (Å²) in [7, 11) is 0. The maximum Gasteiger partial charge on any atom is 0.328 e. The summed E-state index contributed by atoms with van der Waals surface area (Å²) in [4.78, 5) is 23.6. The van der Waals surface area contributed by atoms with Gasteiger partial charge in [0.05, 0.1) is 23.8 Å². The molecule has 3 rings (SSSR count). The summed E-state index contributed by atoms with van der Waals surface area (Å²) in [6, 6.07) is 10.8. The van der Waals surface area contributed by atoms with Crippen LogP contribution in [0.15, 0.2) is 54.9 Å². The molecule has 0 radical (unpaired) electrons. The maximum absolute atomic E-state index is 12.7. The van der Waals surface area contributed by atoms with Gasteiger partial charge < -0.3 is 10.4 Å². The molecule has 0 aliphatic rings. The van der Waals surface area contributed by atoms with Gasteiger partial charge in [0.15, 0.2) is 0 Å². The second-order valence-electron chi connectivity index (χ2n) is 6.12. The molecule has 0 saturated carbocycles. The monoisotopic (exact) mass is 362 g/mol. The number of hydrogen-bond acceptors (Lipinski definition) is 4. The van der Waals surface area contributed by atoms with Crippen LogP contribution in [0.25, 0.3) is 11.8 Å². The number of hydrogen-bond donors (Lipinski definition) is 2. The second kappa shape index (κ2) is 7.65. The molecule has 1 heterocycles. The van der Waals surface area contributed by atoms with Gasteiger partial charge in [-0.15, -0.1) is 5.10 Å². The predicted octanol–water partition coefficient (Wildman–Crippen LogP) is 3.23. The molecule has 1 amide bonds. The first-order chi connectivity index (χ1) is 12.9. The van der Waals surface area contributed by atoms with Crippen LogP contribution in [-0.2, 0) is 4.79 Å². The lowest BCUT2D eigenvalue weighted by Crippen LogP contribution is -2.13. The first-order valence-corrected chi connectivity index (χ1v) is 8.24. The SMILES string of the molecule is Cc1cc(C)cc(C(=O)Nc2cc(-n3ccnn3)ccc2C=CC(=O)O)c1. The highest BCUT2D eigenvalue weighted by Gasteiger charge is 2.11. The van der Waals surface area contributed by atoms with Crippen molar-refractivity contribution in [3.63, 3.8) is 0 Å². The fourth-order valence-corrected chi connectivity index (χ4v) is 2.75. The van der Waals surface area contributed by atoms with E-state index in [0.29, 0.717) is 22.5 Å². The summed E-state index contributed by atoms with van der Waals surface area (Å²) >= 11 is 0. The summed E-state index contributed by atoms with van der Waals surface area (Å²) in [6.07, 6.45) is 5.69. The molecular formula is C20H18N4O3. The third-order valence-corrected chi connectivity index (χ3v) is 3.86. The zero-order valence-electron chi connectivity index (χ0n) is 14.9. The molecule has 136 valence electrons. The Labute approximate surface area is 156 Å². The first kappa shape index (κ1) is 18.1. The van der Waals surface area contributed by atoms with Crippen LogP contribution in [0.4, 0.5) is 5.69 Å². The van der Waals surface area contributed by atoms with E-state index in [9.17, 15) is 9.59 Å². The van der Waals surface area contributed by atoms with Crippen LogP contribution in [0.5, 0.6) is 0 Å². The van der Waals surface area contributed by atoms with Crippen molar-refractivity contribution in [1.29, 1.82) is 0 Å². The van der Waals surface area contributed by atoms with Gasteiger partial charge in [0.2, 0.25) is 0 Å². The number of nitrogens with one attached hydrogen (secondary N) is 1. The molecule has 0 atom stereocenters. The lowest BCUT2D eigenvalue weighted by molar-refractivity contribution is -0.131. The smallest absolute Gasteiger partial charge is 0.328 e. The number of aromatic nitrogens is 3. The number of benzene rings is 2. The highest BCUT2D eigenvalue weighted by Crippen LogP contribution is 2.23. The van der Waals surface area contributed by atoms with Crippen molar-refractivity contribution in [2.75, 3.05) is 5.32 Å². The largest absolute Gasteiger partial charge is 0.478 e. The van der Waals surface area contributed by atoms with E-state index in [2.05, 4.69) is 15.6 Å². The Hall–Kier alpha value is -3.74. The third-order valence-electron chi connectivity index (χ3n) is 3.86. The van der Waals surface area contributed by atoms with Crippen LogP contribution in [0.2, 0.25) is 0 Å². The summed E-state index contributed by atoms with van der Waals surface area (Å²) in [5.74, 6) is -1.34. The highest BCUT2D eigenvalue weighted by atomic mass is 16.4. The van der Waals surface area contributed by atoms with Gasteiger partial charge in [-0.3, -0.25) is 4.79 Å². The van der Waals surface area contributed by atoms with Gasteiger partial charge >= 0.3 is 5.97 Å². The number of anilines is 1. The van der Waals surface area contributed by atoms with Gasteiger partial charge in [0.25, 0.3) is 5.91 Å². The van der Waals surface area contributed by atoms with E-state index in [0.717, 1.165) is 17.2 Å². The normalized spacial score (nSPS) is 10.9. The molecule has 3 aromatic rings. The van der Waals surface area contributed by atoms with E-state index < -0.39 is 5.97 Å². The van der Waals surface area contributed by atoms with Crippen molar-refractivity contribution in [2.45, 2.75) is 13.8 Å². The van der Waals surface area contributed by atoms with Gasteiger partial charge in [-0.2, -0.15) is 0 Å². The minimum atomic E-state index is -1.07. The van der Waals surface area contributed by atoms with Crippen LogP contribution in [-0.4, -0.2) is 32.0 Å². The molecule has 7 nitrogen and oxygen atoms in total. The number of carbonyl (C=O) groups excluding carboxylic acids is 1. The predicted molar refractivity (Wildman–Crippen MR) is 102 cm³/mol. The molecule has 0 spiro atoms. The molecule has 0 saturated heterocycles. The van der Waals surface area contributed by atoms with Gasteiger partial charge in [-0.25, -0.2) is 9.48 Å². The number of aliphatic carboxylic acids is 1. The molecular weight excluding hydrogens is 344 g/mol. The zero-order chi connectivity index (χ0) is 19.4. The summed E-state index contributed by atoms with van der Waals surface area (Å²) in [5.41, 5.74) is 4.25. The van der Waals surface area contributed by atoms with E-state index in [1.165, 1.54) is 6.08 Å². The van der Waals surface area contributed by atoms with Crippen molar-refractivity contribution >= 4 is 23.6 Å². The Balaban J connectivity index is 1.98. The zero-order valence-corrected chi connectivity index (χ0v) is 14.9. The Bertz CT molecular complexity index is 1000. The van der Waals surface area contributed by atoms with E-state index in [-0.39, 0.29) is 5.91 Å². The van der Waals surface area contributed by atoms with Crippen molar-refractivity contribution in [3.8, 4) is 5.69 Å². The van der Waals surface area contributed by atoms with Crippen molar-refractivity contribution in [3.05, 3.63) is 77.1 Å². The third kappa shape index (κ3) is 4.46. The molecule has 27 heavy (non-hydrogen) atoms. The fraction of sp³-hybridized carbons (Fsp3) is 0.100. The minimum Gasteiger partial charge on any atom is -0.478 e. The number of rotatable bonds is 5. The Morgan fingerprint density at radius 2 is 1.85 bits per heavy atom. The second-order valence-corrected chi connectivity index (χ2v) is 6.12. The maximum atomic E-state index is 12.7. The molecule has 0 fully saturated rings. The van der Waals surface area contributed by atoms with Crippen molar-refractivity contribution < 1.29 is 14.7 Å². The van der Waals surface area contributed by atoms with E-state index in [4.69, 9.17) is 5.11 Å². The van der Waals surface area contributed by atoms with Gasteiger partial charge in [-0.1, -0.05) is 28.5 Å². The van der Waals surface area contributed by atoms with Gasteiger partial charge in [0.1, 0.15) is 0 Å². The standard InChI is InChI=1S/C20H18N4O3/c1-13-9-14(2)11-16(10-13)20(27)22-18-12-17(24-8-7-21-23-24)5-3-15(18)4-6-19(25)26/h3-12H,1-2H3,(H,22,27)(H,25,26). The van der Waals surface area contributed by atoms with E-state index >= 15 is 0 Å². The molecule has 0 bridgehead atoms. The van der Waals surface area contributed by atoms with Crippen molar-refractivity contribution in [2.24, 2.45) is 0 Å². The van der Waals surface area contributed by atoms with E-state index in [1.807, 2.05) is 19.9 Å². The topological polar surface area (TPSA) is 97.1 Å². The Kier molecular flexibility index (Phi) is 5.12. The lowest BCUT2D eigenvalue weighted by Gasteiger charge is -2.12. The number of amides is 1. The van der Waals surface area contributed by atoms with Crippen LogP contribution in [0.3, 0.4) is 0 Å². The number of carboxylic acids is 1. The molecule has 0 aliphatic carbocycles. The number of carboxylic acid groups (broad SMARTS) is 1. The number of carbonyl (C=O) groups is 2.